The molecule has 2 atom stereocenters. The second-order valence-corrected chi connectivity index (χ2v) is 11.4. The van der Waals surface area contributed by atoms with Crippen LogP contribution < -0.4 is 15.8 Å². The molecule has 0 saturated carbocycles. The minimum Gasteiger partial charge on any atom is -0.480 e. The van der Waals surface area contributed by atoms with Gasteiger partial charge in [0.25, 0.3) is 5.91 Å². The van der Waals surface area contributed by atoms with Crippen LogP contribution in [0.1, 0.15) is 21.5 Å². The van der Waals surface area contributed by atoms with Crippen molar-refractivity contribution < 1.29 is 39.9 Å². The van der Waals surface area contributed by atoms with E-state index in [-0.39, 0.29) is 29.2 Å². The van der Waals surface area contributed by atoms with Gasteiger partial charge in [0, 0.05) is 24.8 Å². The molecule has 4 aromatic rings. The summed E-state index contributed by atoms with van der Waals surface area (Å²) in [6.07, 6.45) is -4.45. The second kappa shape index (κ2) is 10.8. The van der Waals surface area contributed by atoms with E-state index < -0.39 is 69.3 Å². The molecule has 5 rings (SSSR count). The zero-order valence-corrected chi connectivity index (χ0v) is 22.5. The maximum atomic E-state index is 14.9. The summed E-state index contributed by atoms with van der Waals surface area (Å²) >= 11 is 0. The summed E-state index contributed by atoms with van der Waals surface area (Å²) in [4.78, 5) is 20.9. The predicted octanol–water partition coefficient (Wildman–Crippen LogP) is 2.82. The number of sulfonamides is 1. The molecular formula is C25H22F5N7O4S. The Morgan fingerprint density at radius 2 is 1.88 bits per heavy atom. The van der Waals surface area contributed by atoms with Crippen LogP contribution in [0.5, 0.6) is 5.88 Å². The molecule has 3 N–H and O–H groups in total. The van der Waals surface area contributed by atoms with Crippen LogP contribution in [0, 0.1) is 5.82 Å². The van der Waals surface area contributed by atoms with Gasteiger partial charge in [-0.2, -0.15) is 22.6 Å². The van der Waals surface area contributed by atoms with Crippen molar-refractivity contribution in [2.75, 3.05) is 25.9 Å². The molecule has 222 valence electrons. The molecule has 1 fully saturated rings. The number of methoxy groups -OCH3 is 1. The average Bonchev–Trinajstić information content (AvgIpc) is 3.52. The van der Waals surface area contributed by atoms with Crippen molar-refractivity contribution in [3.63, 3.8) is 0 Å². The predicted molar refractivity (Wildman–Crippen MR) is 139 cm³/mol. The third kappa shape index (κ3) is 5.56. The molecule has 1 aliphatic rings. The highest BCUT2D eigenvalue weighted by Gasteiger charge is 2.40. The number of ether oxygens (including phenoxy) is 1. The minimum atomic E-state index is -4.80. The molecule has 0 radical (unpaired) electrons. The van der Waals surface area contributed by atoms with E-state index in [1.165, 1.54) is 25.3 Å². The molecule has 1 aromatic carbocycles. The number of rotatable bonds is 7. The van der Waals surface area contributed by atoms with Crippen molar-refractivity contribution in [1.29, 1.82) is 0 Å². The average molecular weight is 612 g/mol. The summed E-state index contributed by atoms with van der Waals surface area (Å²) in [6.45, 7) is -0.915. The number of nitrogens with two attached hydrogens (primary N) is 1. The second-order valence-electron chi connectivity index (χ2n) is 9.42. The number of hydrogen-bond acceptors (Lipinski definition) is 8. The molecule has 3 aromatic heterocycles. The fourth-order valence-corrected chi connectivity index (χ4v) is 6.18. The van der Waals surface area contributed by atoms with E-state index in [0.29, 0.717) is 5.56 Å². The highest BCUT2D eigenvalue weighted by atomic mass is 32.2. The monoisotopic (exact) mass is 611 g/mol. The summed E-state index contributed by atoms with van der Waals surface area (Å²) in [7, 11) is -2.81. The van der Waals surface area contributed by atoms with Gasteiger partial charge in [-0.15, -0.1) is 0 Å². The van der Waals surface area contributed by atoms with Gasteiger partial charge in [0.2, 0.25) is 15.9 Å². The van der Waals surface area contributed by atoms with Gasteiger partial charge in [-0.05, 0) is 29.8 Å². The lowest BCUT2D eigenvalue weighted by Crippen LogP contribution is -2.42. The first-order valence-electron chi connectivity index (χ1n) is 12.2. The van der Waals surface area contributed by atoms with Crippen LogP contribution in [0.3, 0.4) is 0 Å². The topological polar surface area (TPSA) is 145 Å². The summed E-state index contributed by atoms with van der Waals surface area (Å²) in [6, 6.07) is 5.52. The van der Waals surface area contributed by atoms with Gasteiger partial charge in [0.15, 0.2) is 5.82 Å². The molecule has 1 amide bonds. The Hall–Kier alpha value is -4.38. The Morgan fingerprint density at radius 1 is 1.17 bits per heavy atom. The van der Waals surface area contributed by atoms with E-state index in [1.807, 2.05) is 0 Å². The lowest BCUT2D eigenvalue weighted by Gasteiger charge is -2.17. The van der Waals surface area contributed by atoms with E-state index >= 15 is 0 Å². The lowest BCUT2D eigenvalue weighted by atomic mass is 10.1. The van der Waals surface area contributed by atoms with Crippen LogP contribution >= 0.6 is 0 Å². The first-order valence-corrected chi connectivity index (χ1v) is 13.8. The van der Waals surface area contributed by atoms with E-state index in [9.17, 15) is 35.2 Å². The fourth-order valence-electron chi connectivity index (χ4n) is 4.63. The highest BCUT2D eigenvalue weighted by molar-refractivity contribution is 7.88. The van der Waals surface area contributed by atoms with Gasteiger partial charge in [0.1, 0.15) is 29.4 Å². The molecule has 42 heavy (non-hydrogen) atoms. The van der Waals surface area contributed by atoms with Gasteiger partial charge in [-0.25, -0.2) is 31.7 Å². The van der Waals surface area contributed by atoms with Crippen molar-refractivity contribution in [2.45, 2.75) is 24.1 Å². The molecule has 0 bridgehead atoms. The summed E-state index contributed by atoms with van der Waals surface area (Å²) in [5.74, 6) is -2.58. The number of alkyl halides is 4. The van der Waals surface area contributed by atoms with E-state index in [1.54, 1.807) is 0 Å². The van der Waals surface area contributed by atoms with Crippen LogP contribution in [-0.2, 0) is 22.0 Å². The number of fused-ring (bicyclic) bond motifs is 1. The number of halogens is 5. The standard InChI is InChI=1S/C25H22F5N7O4S/c1-41-24-16(6-14(8-32-24)20-7-17(25(28,29)30)21-22(31)33-12-34-37(20)21)23(38)35-19-10-36(9-18(19)27)42(39,40)11-13-2-4-15(26)5-3-13/h2-8,12,18-19H,9-11H2,1H3,(H,35,38)(H2,31,33,34)/t18-,19+/m0/s1. The number of amides is 1. The SMILES string of the molecule is COc1ncc(-c2cc(C(F)(F)F)c3c(N)ncnn23)cc1C(=O)N[C@@H]1CN(S(=O)(=O)Cc2ccc(F)cc2)C[C@@H]1F. The number of aromatic nitrogens is 4. The van der Waals surface area contributed by atoms with Crippen molar-refractivity contribution in [1.82, 2.24) is 29.2 Å². The molecule has 1 saturated heterocycles. The van der Waals surface area contributed by atoms with Gasteiger partial charge in [0.05, 0.1) is 30.2 Å². The van der Waals surface area contributed by atoms with E-state index in [2.05, 4.69) is 20.4 Å². The Bertz CT molecular complexity index is 1760. The van der Waals surface area contributed by atoms with Crippen molar-refractivity contribution in [2.24, 2.45) is 0 Å². The summed E-state index contributed by atoms with van der Waals surface area (Å²) in [5, 5.41) is 6.29. The lowest BCUT2D eigenvalue weighted by molar-refractivity contribution is -0.136. The van der Waals surface area contributed by atoms with Crippen LogP contribution in [0.25, 0.3) is 16.8 Å². The number of hydrogen-bond donors (Lipinski definition) is 2. The number of benzene rings is 1. The van der Waals surface area contributed by atoms with Crippen LogP contribution in [0.4, 0.5) is 27.8 Å². The van der Waals surface area contributed by atoms with Gasteiger partial charge >= 0.3 is 6.18 Å². The molecule has 0 unspecified atom stereocenters. The van der Waals surface area contributed by atoms with Crippen molar-refractivity contribution in [3.05, 3.63) is 71.4 Å². The molecule has 0 aliphatic carbocycles. The smallest absolute Gasteiger partial charge is 0.418 e. The van der Waals surface area contributed by atoms with E-state index in [4.69, 9.17) is 10.5 Å². The number of nitrogens with zero attached hydrogens (tertiary/aromatic N) is 5. The fraction of sp³-hybridized carbons (Fsp3) is 0.280. The molecule has 11 nitrogen and oxygen atoms in total. The van der Waals surface area contributed by atoms with Gasteiger partial charge in [-0.3, -0.25) is 4.79 Å². The zero-order valence-electron chi connectivity index (χ0n) is 21.6. The highest BCUT2D eigenvalue weighted by Crippen LogP contribution is 2.39. The Balaban J connectivity index is 1.41. The molecule has 1 aliphatic heterocycles. The van der Waals surface area contributed by atoms with E-state index in [0.717, 1.165) is 39.5 Å². The maximum absolute atomic E-state index is 14.9. The summed E-state index contributed by atoms with van der Waals surface area (Å²) in [5.41, 5.74) is 4.06. The zero-order chi connectivity index (χ0) is 30.4. The Morgan fingerprint density at radius 3 is 2.55 bits per heavy atom. The number of anilines is 1. The normalized spacial score (nSPS) is 18.0. The molecule has 4 heterocycles. The number of nitrogens with one attached hydrogen (secondary N) is 1. The molecule has 17 heteroatoms. The first kappa shape index (κ1) is 29.1. The first-order chi connectivity index (χ1) is 19.8. The molecule has 0 spiro atoms. The number of nitrogen functional groups attached to an aromatic ring is 1. The van der Waals surface area contributed by atoms with Crippen molar-refractivity contribution >= 4 is 27.3 Å². The largest absolute Gasteiger partial charge is 0.480 e. The van der Waals surface area contributed by atoms with Crippen molar-refractivity contribution in [3.8, 4) is 17.1 Å². The summed E-state index contributed by atoms with van der Waals surface area (Å²) < 4.78 is 102. The van der Waals surface area contributed by atoms with Crippen LogP contribution in [0.15, 0.2) is 48.9 Å². The third-order valence-corrected chi connectivity index (χ3v) is 8.44. The minimum absolute atomic E-state index is 0.0243. The Labute approximate surface area is 235 Å². The van der Waals surface area contributed by atoms with Crippen LogP contribution in [0.2, 0.25) is 0 Å². The number of pyridine rings is 1. The van der Waals surface area contributed by atoms with Gasteiger partial charge in [-0.1, -0.05) is 12.1 Å². The molecular weight excluding hydrogens is 589 g/mol. The van der Waals surface area contributed by atoms with Crippen LogP contribution in [-0.4, -0.2) is 70.6 Å². The van der Waals surface area contributed by atoms with Gasteiger partial charge < -0.3 is 15.8 Å². The third-order valence-electron chi connectivity index (χ3n) is 6.66. The number of carbonyl (C=O) groups excluding carboxylic acids is 1. The Kier molecular flexibility index (Phi) is 7.48. The number of carbonyl (C=O) groups is 1. The maximum Gasteiger partial charge on any atom is 0.418 e. The quantitative estimate of drug-likeness (QED) is 0.304.